The molecule has 0 aliphatic rings. The Morgan fingerprint density at radius 1 is 1.13 bits per heavy atom. The molecule has 0 radical (unpaired) electrons. The van der Waals surface area contributed by atoms with Gasteiger partial charge in [-0.25, -0.2) is 22.2 Å². The molecule has 3 aromatic rings. The molecular weight excluding hydrogens is 487 g/mol. The van der Waals surface area contributed by atoms with Gasteiger partial charge < -0.3 is 0 Å². The topological polar surface area (TPSA) is 93.9 Å². The van der Waals surface area contributed by atoms with Crippen molar-refractivity contribution < 1.29 is 30.8 Å². The normalized spacial score (nSPS) is 12.1. The third-order valence-corrected chi connectivity index (χ3v) is 5.96. The molecule has 0 spiro atoms. The lowest BCUT2D eigenvalue weighted by Crippen LogP contribution is -2.32. The molecule has 1 amide bonds. The van der Waals surface area contributed by atoms with E-state index in [4.69, 9.17) is 23.2 Å². The second-order valence-corrected chi connectivity index (χ2v) is 8.55. The maximum atomic E-state index is 13.8. The predicted octanol–water partition coefficient (Wildman–Crippen LogP) is 4.16. The highest BCUT2D eigenvalue weighted by Gasteiger charge is 2.33. The third kappa shape index (κ3) is 4.50. The highest BCUT2D eigenvalue weighted by atomic mass is 35.5. The first-order valence-electron chi connectivity index (χ1n) is 8.13. The first-order valence-corrected chi connectivity index (χ1v) is 10.4. The molecule has 2 aromatic carbocycles. The monoisotopic (exact) mass is 496 g/mol. The van der Waals surface area contributed by atoms with E-state index in [1.54, 1.807) is 4.72 Å². The second kappa shape index (κ2) is 8.09. The summed E-state index contributed by atoms with van der Waals surface area (Å²) in [6.45, 7) is 1.29. The smallest absolute Gasteiger partial charge is 0.266 e. The van der Waals surface area contributed by atoms with Crippen LogP contribution >= 0.6 is 23.2 Å². The van der Waals surface area contributed by atoms with Crippen molar-refractivity contribution >= 4 is 39.1 Å². The number of nitrogens with zero attached hydrogens (tertiary/aromatic N) is 3. The molecule has 1 N–H and O–H groups in total. The van der Waals surface area contributed by atoms with E-state index >= 15 is 0 Å². The molecule has 0 saturated heterocycles. The molecule has 164 valence electrons. The number of carbonyl (C=O) groups is 1. The van der Waals surface area contributed by atoms with Gasteiger partial charge in [0.25, 0.3) is 15.9 Å². The van der Waals surface area contributed by atoms with Crippen LogP contribution in [0.15, 0.2) is 41.3 Å². The second-order valence-electron chi connectivity index (χ2n) is 6.09. The number of carbonyl (C=O) groups excluding carboxylic acids is 1. The van der Waals surface area contributed by atoms with E-state index < -0.39 is 54.1 Å². The zero-order chi connectivity index (χ0) is 23.1. The Morgan fingerprint density at radius 3 is 2.26 bits per heavy atom. The van der Waals surface area contributed by atoms with E-state index in [1.807, 2.05) is 0 Å². The number of benzene rings is 2. The van der Waals surface area contributed by atoms with Crippen LogP contribution < -0.4 is 4.72 Å². The number of nitrogens with one attached hydrogen (secondary N) is 1. The first-order chi connectivity index (χ1) is 14.3. The number of alkyl halides is 3. The van der Waals surface area contributed by atoms with Gasteiger partial charge in [0, 0.05) is 0 Å². The molecule has 7 nitrogen and oxygen atoms in total. The summed E-state index contributed by atoms with van der Waals surface area (Å²) in [5.41, 5.74) is -1.87. The van der Waals surface area contributed by atoms with Gasteiger partial charge in [0.15, 0.2) is 5.69 Å². The SMILES string of the molecule is Cc1c(C(=O)NS(=O)(=O)c2ccccc2F)nnn1-c1c(Cl)cc(C(F)(F)F)cc1Cl. The molecule has 0 aliphatic carbocycles. The molecule has 3 rings (SSSR count). The Hall–Kier alpha value is -2.70. The van der Waals surface area contributed by atoms with Crippen LogP contribution in [0.5, 0.6) is 0 Å². The van der Waals surface area contributed by atoms with Gasteiger partial charge in [0.05, 0.1) is 21.3 Å². The Balaban J connectivity index is 1.97. The van der Waals surface area contributed by atoms with E-state index in [2.05, 4.69) is 10.3 Å². The minimum absolute atomic E-state index is 0.0789. The standard InChI is InChI=1S/C17H10Cl2F4N4O3S/c1-8-14(16(28)25-31(29,30)13-5-3-2-4-12(13)20)24-26-27(8)15-10(18)6-9(7-11(15)19)17(21,22)23/h2-7H,1H3,(H,25,28). The molecule has 0 saturated carbocycles. The van der Waals surface area contributed by atoms with Gasteiger partial charge in [-0.1, -0.05) is 40.5 Å². The van der Waals surface area contributed by atoms with Gasteiger partial charge in [-0.2, -0.15) is 13.2 Å². The number of rotatable bonds is 4. The zero-order valence-electron chi connectivity index (χ0n) is 15.2. The number of amides is 1. The van der Waals surface area contributed by atoms with Crippen molar-refractivity contribution in [3.05, 3.63) is 69.2 Å². The lowest BCUT2D eigenvalue weighted by Gasteiger charge is -2.13. The van der Waals surface area contributed by atoms with Crippen molar-refractivity contribution in [1.82, 2.24) is 19.7 Å². The summed E-state index contributed by atoms with van der Waals surface area (Å²) >= 11 is 11.9. The molecule has 0 aliphatic heterocycles. The van der Waals surface area contributed by atoms with Crippen molar-refractivity contribution in [2.24, 2.45) is 0 Å². The van der Waals surface area contributed by atoms with Crippen molar-refractivity contribution in [2.45, 2.75) is 18.0 Å². The van der Waals surface area contributed by atoms with Gasteiger partial charge in [0.1, 0.15) is 16.4 Å². The van der Waals surface area contributed by atoms with Gasteiger partial charge in [0.2, 0.25) is 0 Å². The molecule has 31 heavy (non-hydrogen) atoms. The van der Waals surface area contributed by atoms with Gasteiger partial charge in [-0.15, -0.1) is 5.10 Å². The van der Waals surface area contributed by atoms with Crippen LogP contribution in [0.2, 0.25) is 10.0 Å². The lowest BCUT2D eigenvalue weighted by molar-refractivity contribution is -0.137. The highest BCUT2D eigenvalue weighted by molar-refractivity contribution is 7.90. The van der Waals surface area contributed by atoms with Crippen LogP contribution in [-0.4, -0.2) is 29.3 Å². The average molecular weight is 497 g/mol. The molecule has 1 heterocycles. The number of aromatic nitrogens is 3. The van der Waals surface area contributed by atoms with Crippen LogP contribution in [-0.2, 0) is 16.2 Å². The van der Waals surface area contributed by atoms with Crippen molar-refractivity contribution in [1.29, 1.82) is 0 Å². The Kier molecular flexibility index (Phi) is 6.00. The summed E-state index contributed by atoms with van der Waals surface area (Å²) in [7, 11) is -4.58. The molecule has 0 fully saturated rings. The Labute approximate surface area is 182 Å². The summed E-state index contributed by atoms with van der Waals surface area (Å²) in [4.78, 5) is 11.7. The van der Waals surface area contributed by atoms with E-state index in [0.717, 1.165) is 16.8 Å². The lowest BCUT2D eigenvalue weighted by atomic mass is 10.2. The minimum atomic E-state index is -4.70. The van der Waals surface area contributed by atoms with Gasteiger partial charge in [-0.3, -0.25) is 4.79 Å². The van der Waals surface area contributed by atoms with E-state index in [9.17, 15) is 30.8 Å². The summed E-state index contributed by atoms with van der Waals surface area (Å²) in [6, 6.07) is 5.62. The Morgan fingerprint density at radius 2 is 1.71 bits per heavy atom. The number of halogens is 6. The first kappa shape index (κ1) is 23.0. The van der Waals surface area contributed by atoms with Crippen molar-refractivity contribution in [2.75, 3.05) is 0 Å². The summed E-state index contributed by atoms with van der Waals surface area (Å²) in [5.74, 6) is -2.32. The number of hydrogen-bond donors (Lipinski definition) is 1. The molecule has 14 heteroatoms. The summed E-state index contributed by atoms with van der Waals surface area (Å²) in [5, 5.41) is 6.31. The summed E-state index contributed by atoms with van der Waals surface area (Å²) in [6.07, 6.45) is -4.70. The third-order valence-electron chi connectivity index (χ3n) is 4.02. The van der Waals surface area contributed by atoms with Crippen LogP contribution in [0.25, 0.3) is 5.69 Å². The van der Waals surface area contributed by atoms with Crippen LogP contribution in [0.3, 0.4) is 0 Å². The minimum Gasteiger partial charge on any atom is -0.266 e. The van der Waals surface area contributed by atoms with Crippen molar-refractivity contribution in [3.63, 3.8) is 0 Å². The molecule has 1 aromatic heterocycles. The van der Waals surface area contributed by atoms with Crippen LogP contribution in [0.4, 0.5) is 17.6 Å². The van der Waals surface area contributed by atoms with Crippen LogP contribution in [0.1, 0.15) is 21.7 Å². The molecule has 0 unspecified atom stereocenters. The highest BCUT2D eigenvalue weighted by Crippen LogP contribution is 2.37. The van der Waals surface area contributed by atoms with E-state index in [-0.39, 0.29) is 11.4 Å². The zero-order valence-corrected chi connectivity index (χ0v) is 17.5. The molecular formula is C17H10Cl2F4N4O3S. The fourth-order valence-corrected chi connectivity index (χ4v) is 4.25. The maximum absolute atomic E-state index is 13.8. The van der Waals surface area contributed by atoms with E-state index in [1.165, 1.54) is 19.1 Å². The van der Waals surface area contributed by atoms with Crippen LogP contribution in [0, 0.1) is 12.7 Å². The average Bonchev–Trinajstić information content (AvgIpc) is 3.01. The largest absolute Gasteiger partial charge is 0.416 e. The van der Waals surface area contributed by atoms with Crippen molar-refractivity contribution in [3.8, 4) is 5.69 Å². The quantitative estimate of drug-likeness (QED) is 0.547. The van der Waals surface area contributed by atoms with Gasteiger partial charge >= 0.3 is 6.18 Å². The number of hydrogen-bond acceptors (Lipinski definition) is 5. The summed E-state index contributed by atoms with van der Waals surface area (Å²) < 4.78 is 79.6. The fourth-order valence-electron chi connectivity index (χ4n) is 2.57. The van der Waals surface area contributed by atoms with Gasteiger partial charge in [-0.05, 0) is 31.2 Å². The Bertz CT molecular complexity index is 1270. The maximum Gasteiger partial charge on any atom is 0.416 e. The molecule has 0 atom stereocenters. The predicted molar refractivity (Wildman–Crippen MR) is 102 cm³/mol. The fraction of sp³-hybridized carbons (Fsp3) is 0.118. The molecule has 0 bridgehead atoms. The number of sulfonamides is 1. The van der Waals surface area contributed by atoms with E-state index in [0.29, 0.717) is 12.1 Å².